The minimum atomic E-state index is -1.07. The number of anilines is 1. The first kappa shape index (κ1) is 20.2. The molecule has 3 atom stereocenters. The molecule has 29 heavy (non-hydrogen) atoms. The molecule has 2 aromatic rings. The maximum atomic E-state index is 13.6. The van der Waals surface area contributed by atoms with Gasteiger partial charge in [0.15, 0.2) is 0 Å². The van der Waals surface area contributed by atoms with Crippen molar-refractivity contribution in [3.63, 3.8) is 0 Å². The van der Waals surface area contributed by atoms with Crippen molar-refractivity contribution in [2.75, 3.05) is 25.5 Å². The standard InChI is InChI=1S/C22H22Cl2N2O3/c1-3-26-12-17(13-5-4-6-14(23)9-13)22(19(29-2)11-20(26)27)16-8-7-15(24)10-18(16)25-21(22)28/h4-10,17,19H,3,11-12H2,1-2H3,(H,25,28). The number of carbonyl (C=O) groups is 2. The molecule has 2 aromatic carbocycles. The minimum absolute atomic E-state index is 0.0292. The summed E-state index contributed by atoms with van der Waals surface area (Å²) in [6, 6.07) is 12.9. The van der Waals surface area contributed by atoms with Gasteiger partial charge in [0.1, 0.15) is 5.41 Å². The van der Waals surface area contributed by atoms with Crippen molar-refractivity contribution in [1.29, 1.82) is 0 Å². The lowest BCUT2D eigenvalue weighted by Gasteiger charge is -2.40. The molecule has 3 unspecified atom stereocenters. The monoisotopic (exact) mass is 432 g/mol. The lowest BCUT2D eigenvalue weighted by molar-refractivity contribution is -0.133. The van der Waals surface area contributed by atoms with Crippen molar-refractivity contribution in [3.05, 3.63) is 63.6 Å². The molecule has 2 heterocycles. The van der Waals surface area contributed by atoms with Crippen LogP contribution in [0.25, 0.3) is 0 Å². The van der Waals surface area contributed by atoms with E-state index in [-0.39, 0.29) is 24.2 Å². The van der Waals surface area contributed by atoms with E-state index < -0.39 is 11.5 Å². The van der Waals surface area contributed by atoms with Crippen molar-refractivity contribution < 1.29 is 14.3 Å². The van der Waals surface area contributed by atoms with Gasteiger partial charge in [0.25, 0.3) is 0 Å². The number of hydrogen-bond donors (Lipinski definition) is 1. The second-order valence-corrected chi connectivity index (χ2v) is 8.35. The highest BCUT2D eigenvalue weighted by molar-refractivity contribution is 6.31. The summed E-state index contributed by atoms with van der Waals surface area (Å²) in [6.07, 6.45) is -0.505. The Morgan fingerprint density at radius 3 is 2.62 bits per heavy atom. The lowest BCUT2D eigenvalue weighted by Crippen LogP contribution is -2.51. The molecule has 0 aromatic heterocycles. The van der Waals surface area contributed by atoms with Crippen LogP contribution in [0.1, 0.15) is 30.4 Å². The summed E-state index contributed by atoms with van der Waals surface area (Å²) in [5.41, 5.74) is 1.29. The van der Waals surface area contributed by atoms with Gasteiger partial charge in [-0.2, -0.15) is 0 Å². The number of fused-ring (bicyclic) bond motifs is 2. The first-order valence-electron chi connectivity index (χ1n) is 9.59. The molecule has 2 aliphatic rings. The zero-order valence-electron chi connectivity index (χ0n) is 16.2. The highest BCUT2D eigenvalue weighted by Crippen LogP contribution is 2.53. The molecule has 5 nitrogen and oxygen atoms in total. The number of hydrogen-bond acceptors (Lipinski definition) is 3. The number of likely N-dealkylation sites (tertiary alicyclic amines) is 1. The Balaban J connectivity index is 2.01. The van der Waals surface area contributed by atoms with E-state index in [2.05, 4.69) is 5.32 Å². The number of rotatable bonds is 3. The van der Waals surface area contributed by atoms with Gasteiger partial charge < -0.3 is 15.0 Å². The molecular formula is C22H22Cl2N2O3. The first-order valence-corrected chi connectivity index (χ1v) is 10.3. The second kappa shape index (κ2) is 7.63. The Bertz CT molecular complexity index is 980. The van der Waals surface area contributed by atoms with Crippen molar-refractivity contribution in [2.45, 2.75) is 30.8 Å². The molecule has 2 amide bonds. The molecule has 0 bridgehead atoms. The quantitative estimate of drug-likeness (QED) is 0.788. The molecule has 0 radical (unpaired) electrons. The molecule has 1 fully saturated rings. The molecular weight excluding hydrogens is 411 g/mol. The Kier molecular flexibility index (Phi) is 5.32. The molecule has 1 N–H and O–H groups in total. The van der Waals surface area contributed by atoms with Crippen molar-refractivity contribution in [3.8, 4) is 0 Å². The van der Waals surface area contributed by atoms with Gasteiger partial charge in [-0.1, -0.05) is 41.4 Å². The summed E-state index contributed by atoms with van der Waals surface area (Å²) in [5, 5.41) is 4.11. The van der Waals surface area contributed by atoms with E-state index >= 15 is 0 Å². The Morgan fingerprint density at radius 1 is 1.17 bits per heavy atom. The van der Waals surface area contributed by atoms with Crippen LogP contribution in [0.5, 0.6) is 0 Å². The summed E-state index contributed by atoms with van der Waals surface area (Å²) in [6.45, 7) is 2.89. The van der Waals surface area contributed by atoms with E-state index in [1.54, 1.807) is 30.2 Å². The summed E-state index contributed by atoms with van der Waals surface area (Å²) in [4.78, 5) is 28.3. The number of benzene rings is 2. The van der Waals surface area contributed by atoms with E-state index in [9.17, 15) is 9.59 Å². The Labute approximate surface area is 179 Å². The maximum absolute atomic E-state index is 13.6. The Hall–Kier alpha value is -2.08. The van der Waals surface area contributed by atoms with Crippen LogP contribution in [0.3, 0.4) is 0 Å². The van der Waals surface area contributed by atoms with Crippen LogP contribution in [0, 0.1) is 0 Å². The normalized spacial score (nSPS) is 26.4. The van der Waals surface area contributed by atoms with E-state index in [1.807, 2.05) is 31.2 Å². The van der Waals surface area contributed by atoms with E-state index in [0.29, 0.717) is 28.8 Å². The fourth-order valence-electron chi connectivity index (χ4n) is 4.80. The zero-order chi connectivity index (χ0) is 20.8. The number of nitrogens with one attached hydrogen (secondary N) is 1. The highest BCUT2D eigenvalue weighted by Gasteiger charge is 2.60. The molecule has 0 aliphatic carbocycles. The molecule has 0 saturated carbocycles. The van der Waals surface area contributed by atoms with Crippen LogP contribution >= 0.6 is 23.2 Å². The minimum Gasteiger partial charge on any atom is -0.379 e. The van der Waals surface area contributed by atoms with E-state index in [4.69, 9.17) is 27.9 Å². The summed E-state index contributed by atoms with van der Waals surface area (Å²) < 4.78 is 5.84. The van der Waals surface area contributed by atoms with Crippen LogP contribution in [-0.4, -0.2) is 43.0 Å². The predicted molar refractivity (Wildman–Crippen MR) is 114 cm³/mol. The summed E-state index contributed by atoms with van der Waals surface area (Å²) in [7, 11) is 1.55. The van der Waals surface area contributed by atoms with Crippen LogP contribution < -0.4 is 5.32 Å². The molecule has 152 valence electrons. The molecule has 1 spiro atoms. The molecule has 7 heteroatoms. The largest absolute Gasteiger partial charge is 0.379 e. The molecule has 4 rings (SSSR count). The van der Waals surface area contributed by atoms with Gasteiger partial charge in [0, 0.05) is 41.8 Å². The van der Waals surface area contributed by atoms with Gasteiger partial charge in [-0.05, 0) is 42.3 Å². The summed E-state index contributed by atoms with van der Waals surface area (Å²) in [5.74, 6) is -0.546. The fourth-order valence-corrected chi connectivity index (χ4v) is 5.17. The third kappa shape index (κ3) is 3.12. The summed E-state index contributed by atoms with van der Waals surface area (Å²) >= 11 is 12.5. The average Bonchev–Trinajstić information content (AvgIpc) is 2.90. The van der Waals surface area contributed by atoms with Crippen molar-refractivity contribution in [2.24, 2.45) is 0 Å². The first-order chi connectivity index (χ1) is 13.9. The zero-order valence-corrected chi connectivity index (χ0v) is 17.8. The molecule has 2 aliphatic heterocycles. The lowest BCUT2D eigenvalue weighted by atomic mass is 9.64. The van der Waals surface area contributed by atoms with Crippen LogP contribution in [0.15, 0.2) is 42.5 Å². The van der Waals surface area contributed by atoms with Gasteiger partial charge in [0.05, 0.1) is 12.5 Å². The van der Waals surface area contributed by atoms with E-state index in [0.717, 1.165) is 11.1 Å². The maximum Gasteiger partial charge on any atom is 0.238 e. The fraction of sp³-hybridized carbons (Fsp3) is 0.364. The van der Waals surface area contributed by atoms with Gasteiger partial charge in [-0.15, -0.1) is 0 Å². The van der Waals surface area contributed by atoms with Gasteiger partial charge >= 0.3 is 0 Å². The SMILES string of the molecule is CCN1CC(c2cccc(Cl)c2)C2(C(=O)Nc3cc(Cl)ccc32)C(OC)CC1=O. The number of nitrogens with zero attached hydrogens (tertiary/aromatic N) is 1. The van der Waals surface area contributed by atoms with Gasteiger partial charge in [-0.25, -0.2) is 0 Å². The van der Waals surface area contributed by atoms with Gasteiger partial charge in [-0.3, -0.25) is 9.59 Å². The second-order valence-electron chi connectivity index (χ2n) is 7.48. The van der Waals surface area contributed by atoms with Crippen LogP contribution in [0.4, 0.5) is 5.69 Å². The predicted octanol–water partition coefficient (Wildman–Crippen LogP) is 4.23. The number of methoxy groups -OCH3 is 1. The van der Waals surface area contributed by atoms with E-state index in [1.165, 1.54) is 0 Å². The van der Waals surface area contributed by atoms with Crippen LogP contribution in [0.2, 0.25) is 10.0 Å². The van der Waals surface area contributed by atoms with Gasteiger partial charge in [0.2, 0.25) is 11.8 Å². The van der Waals surface area contributed by atoms with Crippen molar-refractivity contribution >= 4 is 40.7 Å². The topological polar surface area (TPSA) is 58.6 Å². The number of ether oxygens (including phenoxy) is 1. The smallest absolute Gasteiger partial charge is 0.238 e. The van der Waals surface area contributed by atoms with Crippen LogP contribution in [-0.2, 0) is 19.7 Å². The highest BCUT2D eigenvalue weighted by atomic mass is 35.5. The van der Waals surface area contributed by atoms with Crippen molar-refractivity contribution in [1.82, 2.24) is 4.90 Å². The Morgan fingerprint density at radius 2 is 1.93 bits per heavy atom. The number of halogens is 2. The average molecular weight is 433 g/mol. The number of carbonyl (C=O) groups excluding carboxylic acids is 2. The third-order valence-electron chi connectivity index (χ3n) is 6.14. The third-order valence-corrected chi connectivity index (χ3v) is 6.61. The molecule has 1 saturated heterocycles. The number of likely N-dealkylation sites (N-methyl/N-ethyl adjacent to an activating group) is 1. The number of amides is 2.